The molecule has 0 unspecified atom stereocenters. The Balaban J connectivity index is 1.79. The number of anilines is 1. The summed E-state index contributed by atoms with van der Waals surface area (Å²) in [4.78, 5) is 17.7. The summed E-state index contributed by atoms with van der Waals surface area (Å²) in [5, 5.41) is 0. The van der Waals surface area contributed by atoms with E-state index in [2.05, 4.69) is 20.9 Å². The fourth-order valence-electron chi connectivity index (χ4n) is 3.04. The standard InChI is InChI=1S/C16H14BrF2N3O3/c17-9-1-2-10-12(5-9)25-4-3-21-6-13(20-16(10)21)22-11(15(18)19)7-24-8-14(22)23/h1-2,5-6,11,15H,3-4,7-8H2/t11-/m0/s1. The van der Waals surface area contributed by atoms with Gasteiger partial charge in [-0.2, -0.15) is 0 Å². The molecule has 0 saturated carbocycles. The zero-order valence-corrected chi connectivity index (χ0v) is 14.6. The van der Waals surface area contributed by atoms with Crippen molar-refractivity contribution in [2.24, 2.45) is 0 Å². The van der Waals surface area contributed by atoms with Gasteiger partial charge in [0, 0.05) is 10.7 Å². The first-order chi connectivity index (χ1) is 12.0. The summed E-state index contributed by atoms with van der Waals surface area (Å²) >= 11 is 3.40. The average Bonchev–Trinajstić information content (AvgIpc) is 2.91. The Hall–Kier alpha value is -2.00. The molecule has 1 atom stereocenters. The van der Waals surface area contributed by atoms with Gasteiger partial charge >= 0.3 is 0 Å². The number of carbonyl (C=O) groups excluding carboxylic acids is 1. The summed E-state index contributed by atoms with van der Waals surface area (Å²) < 4.78 is 40.0. The zero-order chi connectivity index (χ0) is 17.6. The highest BCUT2D eigenvalue weighted by molar-refractivity contribution is 9.10. The van der Waals surface area contributed by atoms with Crippen molar-refractivity contribution in [3.63, 3.8) is 0 Å². The van der Waals surface area contributed by atoms with Crippen molar-refractivity contribution in [1.82, 2.24) is 9.55 Å². The van der Waals surface area contributed by atoms with Crippen molar-refractivity contribution in [2.45, 2.75) is 19.0 Å². The second kappa shape index (κ2) is 6.38. The summed E-state index contributed by atoms with van der Waals surface area (Å²) in [6.07, 6.45) is -1.09. The highest BCUT2D eigenvalue weighted by atomic mass is 79.9. The SMILES string of the molecule is O=C1COC[C@@H](C(F)F)N1c1cn2c(n1)-c1ccc(Br)cc1OCC2. The minimum absolute atomic E-state index is 0.210. The molecule has 4 rings (SSSR count). The molecule has 1 fully saturated rings. The largest absolute Gasteiger partial charge is 0.491 e. The summed E-state index contributed by atoms with van der Waals surface area (Å²) in [6, 6.07) is 4.20. The molecule has 0 bridgehead atoms. The van der Waals surface area contributed by atoms with E-state index in [1.807, 2.05) is 22.8 Å². The van der Waals surface area contributed by atoms with Crippen LogP contribution in [0.15, 0.2) is 28.9 Å². The molecule has 1 saturated heterocycles. The highest BCUT2D eigenvalue weighted by Gasteiger charge is 2.38. The minimum Gasteiger partial charge on any atom is -0.491 e. The van der Waals surface area contributed by atoms with Crippen molar-refractivity contribution in [1.29, 1.82) is 0 Å². The maximum absolute atomic E-state index is 13.3. The molecule has 0 aliphatic carbocycles. The number of imidazole rings is 1. The number of alkyl halides is 2. The molecular weight excluding hydrogens is 400 g/mol. The Labute approximate surface area is 150 Å². The van der Waals surface area contributed by atoms with Crippen molar-refractivity contribution >= 4 is 27.7 Å². The number of benzene rings is 1. The van der Waals surface area contributed by atoms with Crippen LogP contribution in [-0.4, -0.2) is 47.7 Å². The van der Waals surface area contributed by atoms with E-state index < -0.39 is 18.4 Å². The highest BCUT2D eigenvalue weighted by Crippen LogP contribution is 2.36. The van der Waals surface area contributed by atoms with Crippen LogP contribution in [-0.2, 0) is 16.1 Å². The number of rotatable bonds is 2. The van der Waals surface area contributed by atoms with Gasteiger partial charge in [-0.1, -0.05) is 15.9 Å². The fourth-order valence-corrected chi connectivity index (χ4v) is 3.38. The van der Waals surface area contributed by atoms with Gasteiger partial charge in [-0.15, -0.1) is 0 Å². The number of nitrogens with zero attached hydrogens (tertiary/aromatic N) is 3. The first-order valence-electron chi connectivity index (χ1n) is 7.72. The molecule has 132 valence electrons. The molecule has 0 radical (unpaired) electrons. The van der Waals surface area contributed by atoms with E-state index in [0.717, 1.165) is 14.9 Å². The van der Waals surface area contributed by atoms with Crippen LogP contribution in [0.1, 0.15) is 0 Å². The Morgan fingerprint density at radius 1 is 1.36 bits per heavy atom. The van der Waals surface area contributed by atoms with Crippen molar-refractivity contribution < 1.29 is 23.0 Å². The quantitative estimate of drug-likeness (QED) is 0.759. The van der Waals surface area contributed by atoms with Crippen LogP contribution in [0, 0.1) is 0 Å². The van der Waals surface area contributed by atoms with Crippen LogP contribution in [0.2, 0.25) is 0 Å². The zero-order valence-electron chi connectivity index (χ0n) is 13.0. The predicted octanol–water partition coefficient (Wildman–Crippen LogP) is 2.70. The normalized spacial score (nSPS) is 20.1. The lowest BCUT2D eigenvalue weighted by Crippen LogP contribution is -2.53. The van der Waals surface area contributed by atoms with Gasteiger partial charge in [-0.25, -0.2) is 13.8 Å². The lowest BCUT2D eigenvalue weighted by Gasteiger charge is -2.33. The van der Waals surface area contributed by atoms with Gasteiger partial charge in [-0.05, 0) is 18.2 Å². The van der Waals surface area contributed by atoms with Crippen LogP contribution >= 0.6 is 15.9 Å². The number of ether oxygens (including phenoxy) is 2. The third kappa shape index (κ3) is 2.91. The van der Waals surface area contributed by atoms with Crippen LogP contribution in [0.3, 0.4) is 0 Å². The molecule has 1 aromatic carbocycles. The smallest absolute Gasteiger partial charge is 0.261 e. The Bertz CT molecular complexity index is 827. The van der Waals surface area contributed by atoms with Gasteiger partial charge in [0.1, 0.15) is 30.8 Å². The van der Waals surface area contributed by atoms with Gasteiger partial charge in [0.25, 0.3) is 12.3 Å². The lowest BCUT2D eigenvalue weighted by atomic mass is 10.2. The lowest BCUT2D eigenvalue weighted by molar-refractivity contribution is -0.130. The summed E-state index contributed by atoms with van der Waals surface area (Å²) in [6.45, 7) is 0.490. The minimum atomic E-state index is -2.71. The van der Waals surface area contributed by atoms with E-state index in [-0.39, 0.29) is 19.0 Å². The molecule has 9 heteroatoms. The molecule has 6 nitrogen and oxygen atoms in total. The Morgan fingerprint density at radius 2 is 2.20 bits per heavy atom. The number of aromatic nitrogens is 2. The molecule has 2 aromatic rings. The maximum Gasteiger partial charge on any atom is 0.261 e. The summed E-state index contributed by atoms with van der Waals surface area (Å²) in [5.41, 5.74) is 0.751. The van der Waals surface area contributed by atoms with Crippen LogP contribution in [0.4, 0.5) is 14.6 Å². The number of hydrogen-bond donors (Lipinski definition) is 0. The number of halogens is 3. The molecule has 0 N–H and O–H groups in total. The van der Waals surface area contributed by atoms with E-state index >= 15 is 0 Å². The molecule has 2 aliphatic heterocycles. The first kappa shape index (κ1) is 16.5. The number of carbonyl (C=O) groups is 1. The van der Waals surface area contributed by atoms with Gasteiger partial charge in [-0.3, -0.25) is 9.69 Å². The van der Waals surface area contributed by atoms with Crippen molar-refractivity contribution in [3.8, 4) is 17.1 Å². The number of fused-ring (bicyclic) bond motifs is 3. The molecule has 3 heterocycles. The topological polar surface area (TPSA) is 56.6 Å². The third-order valence-electron chi connectivity index (χ3n) is 4.19. The predicted molar refractivity (Wildman–Crippen MR) is 89.0 cm³/mol. The van der Waals surface area contributed by atoms with Crippen molar-refractivity contribution in [2.75, 3.05) is 24.7 Å². The van der Waals surface area contributed by atoms with Gasteiger partial charge < -0.3 is 14.0 Å². The van der Waals surface area contributed by atoms with Gasteiger partial charge in [0.05, 0.1) is 18.7 Å². The van der Waals surface area contributed by atoms with E-state index in [0.29, 0.717) is 24.7 Å². The molecule has 0 spiro atoms. The van der Waals surface area contributed by atoms with E-state index in [1.54, 1.807) is 6.20 Å². The van der Waals surface area contributed by atoms with E-state index in [9.17, 15) is 13.6 Å². The maximum atomic E-state index is 13.3. The molecular formula is C16H14BrF2N3O3. The van der Waals surface area contributed by atoms with E-state index in [1.165, 1.54) is 0 Å². The van der Waals surface area contributed by atoms with Gasteiger partial charge in [0.15, 0.2) is 5.82 Å². The molecule has 2 aliphatic rings. The average molecular weight is 414 g/mol. The fraction of sp³-hybridized carbons (Fsp3) is 0.375. The van der Waals surface area contributed by atoms with Gasteiger partial charge in [0.2, 0.25) is 0 Å². The van der Waals surface area contributed by atoms with Crippen molar-refractivity contribution in [3.05, 3.63) is 28.9 Å². The first-order valence-corrected chi connectivity index (χ1v) is 8.52. The summed E-state index contributed by atoms with van der Waals surface area (Å²) in [5.74, 6) is 0.938. The number of morpholine rings is 1. The van der Waals surface area contributed by atoms with Crippen LogP contribution in [0.5, 0.6) is 5.75 Å². The second-order valence-electron chi connectivity index (χ2n) is 5.79. The third-order valence-corrected chi connectivity index (χ3v) is 4.68. The number of amides is 1. The Kier molecular flexibility index (Phi) is 4.20. The van der Waals surface area contributed by atoms with Crippen LogP contribution < -0.4 is 9.64 Å². The summed E-state index contributed by atoms with van der Waals surface area (Å²) in [7, 11) is 0. The number of hydrogen-bond acceptors (Lipinski definition) is 4. The molecule has 1 aromatic heterocycles. The Morgan fingerprint density at radius 3 is 3.00 bits per heavy atom. The second-order valence-corrected chi connectivity index (χ2v) is 6.70. The van der Waals surface area contributed by atoms with Crippen LogP contribution in [0.25, 0.3) is 11.4 Å². The molecule has 1 amide bonds. The van der Waals surface area contributed by atoms with E-state index in [4.69, 9.17) is 9.47 Å². The monoisotopic (exact) mass is 413 g/mol. The molecule has 25 heavy (non-hydrogen) atoms.